The average molecular weight is 470 g/mol. The Kier molecular flexibility index (Phi) is 7.95. The van der Waals surface area contributed by atoms with Crippen molar-refractivity contribution >= 4 is 5.91 Å². The SMILES string of the molecule is COc1cccc([C@@H](CNC(=O)CCc2nc(-c3ccccc3)c(-c3ccccc3)o2)N(C)C)c1. The van der Waals surface area contributed by atoms with Gasteiger partial charge in [0.05, 0.1) is 13.2 Å². The number of aryl methyl sites for hydroxylation is 1. The van der Waals surface area contributed by atoms with Crippen LogP contribution in [0.1, 0.15) is 23.9 Å². The number of ether oxygens (including phenoxy) is 1. The van der Waals surface area contributed by atoms with Gasteiger partial charge >= 0.3 is 0 Å². The molecule has 0 radical (unpaired) electrons. The van der Waals surface area contributed by atoms with Crippen LogP contribution < -0.4 is 10.1 Å². The first-order valence-electron chi connectivity index (χ1n) is 11.7. The maximum absolute atomic E-state index is 12.7. The summed E-state index contributed by atoms with van der Waals surface area (Å²) in [7, 11) is 5.65. The minimum absolute atomic E-state index is 0.0326. The summed E-state index contributed by atoms with van der Waals surface area (Å²) < 4.78 is 11.5. The summed E-state index contributed by atoms with van der Waals surface area (Å²) in [6.45, 7) is 0.495. The molecule has 1 N–H and O–H groups in total. The molecule has 0 aliphatic heterocycles. The summed E-state index contributed by atoms with van der Waals surface area (Å²) in [4.78, 5) is 19.5. The van der Waals surface area contributed by atoms with Gasteiger partial charge in [-0.25, -0.2) is 4.98 Å². The molecule has 0 spiro atoms. The Balaban J connectivity index is 1.43. The Labute approximate surface area is 206 Å². The first-order valence-corrected chi connectivity index (χ1v) is 11.7. The highest BCUT2D eigenvalue weighted by Gasteiger charge is 2.19. The number of oxazole rings is 1. The van der Waals surface area contributed by atoms with Gasteiger partial charge < -0.3 is 19.4 Å². The Morgan fingerprint density at radius 2 is 1.66 bits per heavy atom. The predicted octanol–water partition coefficient (Wildman–Crippen LogP) is 5.37. The third kappa shape index (κ3) is 6.16. The highest BCUT2D eigenvalue weighted by atomic mass is 16.5. The Hall–Kier alpha value is -3.90. The number of nitrogens with one attached hydrogen (secondary N) is 1. The number of hydrogen-bond acceptors (Lipinski definition) is 5. The van der Waals surface area contributed by atoms with Crippen LogP contribution in [0.25, 0.3) is 22.6 Å². The minimum Gasteiger partial charge on any atom is -0.497 e. The summed E-state index contributed by atoms with van der Waals surface area (Å²) in [6, 6.07) is 27.9. The van der Waals surface area contributed by atoms with E-state index in [4.69, 9.17) is 14.1 Å². The molecule has 4 aromatic rings. The lowest BCUT2D eigenvalue weighted by Gasteiger charge is -2.25. The maximum atomic E-state index is 12.7. The molecule has 6 heteroatoms. The second kappa shape index (κ2) is 11.5. The number of aromatic nitrogens is 1. The van der Waals surface area contributed by atoms with Gasteiger partial charge in [0.2, 0.25) is 5.91 Å². The number of nitrogens with zero attached hydrogens (tertiary/aromatic N) is 2. The van der Waals surface area contributed by atoms with Crippen LogP contribution in [0.3, 0.4) is 0 Å². The van der Waals surface area contributed by atoms with Gasteiger partial charge in [-0.1, -0.05) is 72.8 Å². The predicted molar refractivity (Wildman–Crippen MR) is 138 cm³/mol. The third-order valence-corrected chi connectivity index (χ3v) is 5.92. The van der Waals surface area contributed by atoms with Gasteiger partial charge in [0.1, 0.15) is 11.4 Å². The molecule has 1 aromatic heterocycles. The van der Waals surface area contributed by atoms with E-state index in [2.05, 4.69) is 10.2 Å². The Bertz CT molecular complexity index is 1180. The number of methoxy groups -OCH3 is 1. The average Bonchev–Trinajstić information content (AvgIpc) is 3.33. The maximum Gasteiger partial charge on any atom is 0.220 e. The normalized spacial score (nSPS) is 11.9. The van der Waals surface area contributed by atoms with Crippen LogP contribution in [-0.2, 0) is 11.2 Å². The van der Waals surface area contributed by atoms with E-state index in [1.54, 1.807) is 7.11 Å². The number of benzene rings is 3. The highest BCUT2D eigenvalue weighted by Crippen LogP contribution is 2.32. The van der Waals surface area contributed by atoms with Gasteiger partial charge in [-0.3, -0.25) is 4.79 Å². The smallest absolute Gasteiger partial charge is 0.220 e. The molecule has 0 fully saturated rings. The number of likely N-dealkylation sites (N-methyl/N-ethyl adjacent to an activating group) is 1. The molecule has 6 nitrogen and oxygen atoms in total. The van der Waals surface area contributed by atoms with Crippen molar-refractivity contribution in [3.8, 4) is 28.3 Å². The van der Waals surface area contributed by atoms with E-state index in [0.29, 0.717) is 25.3 Å². The molecular formula is C29H31N3O3. The standard InChI is InChI=1S/C29H31N3O3/c1-32(2)25(23-15-10-16-24(19-23)34-3)20-30-26(33)17-18-27-31-28(21-11-6-4-7-12-21)29(35-27)22-13-8-5-9-14-22/h4-16,19,25H,17-18,20H2,1-3H3,(H,30,33)/t25-/m1/s1. The van der Waals surface area contributed by atoms with Crippen molar-refractivity contribution in [2.24, 2.45) is 0 Å². The molecule has 0 unspecified atom stereocenters. The van der Waals surface area contributed by atoms with Crippen LogP contribution in [0.5, 0.6) is 5.75 Å². The zero-order valence-corrected chi connectivity index (χ0v) is 20.4. The van der Waals surface area contributed by atoms with E-state index < -0.39 is 0 Å². The van der Waals surface area contributed by atoms with Crippen molar-refractivity contribution in [1.82, 2.24) is 15.2 Å². The van der Waals surface area contributed by atoms with Crippen LogP contribution in [0.2, 0.25) is 0 Å². The van der Waals surface area contributed by atoms with Crippen LogP contribution in [0.15, 0.2) is 89.3 Å². The molecule has 0 saturated carbocycles. The zero-order chi connectivity index (χ0) is 24.6. The van der Waals surface area contributed by atoms with Gasteiger partial charge in [0, 0.05) is 30.5 Å². The summed E-state index contributed by atoms with van der Waals surface area (Å²) in [5.41, 5.74) is 3.82. The van der Waals surface area contributed by atoms with Crippen molar-refractivity contribution in [2.75, 3.05) is 27.7 Å². The van der Waals surface area contributed by atoms with Crippen LogP contribution >= 0.6 is 0 Å². The second-order valence-electron chi connectivity index (χ2n) is 8.58. The first kappa shape index (κ1) is 24.2. The summed E-state index contributed by atoms with van der Waals surface area (Å²) in [6.07, 6.45) is 0.714. The minimum atomic E-state index is -0.0412. The van der Waals surface area contributed by atoms with Crippen molar-refractivity contribution < 1.29 is 13.9 Å². The number of hydrogen-bond donors (Lipinski definition) is 1. The summed E-state index contributed by atoms with van der Waals surface area (Å²) in [5, 5.41) is 3.06. The number of rotatable bonds is 10. The van der Waals surface area contributed by atoms with E-state index in [1.807, 2.05) is 99.0 Å². The number of carbonyl (C=O) groups is 1. The monoisotopic (exact) mass is 469 g/mol. The molecule has 0 saturated heterocycles. The van der Waals surface area contributed by atoms with E-state index in [-0.39, 0.29) is 11.9 Å². The third-order valence-electron chi connectivity index (χ3n) is 5.92. The van der Waals surface area contributed by atoms with Crippen molar-refractivity contribution in [1.29, 1.82) is 0 Å². The van der Waals surface area contributed by atoms with Crippen molar-refractivity contribution in [3.05, 3.63) is 96.4 Å². The quantitative estimate of drug-likeness (QED) is 0.338. The first-order chi connectivity index (χ1) is 17.0. The van der Waals surface area contributed by atoms with E-state index in [9.17, 15) is 4.79 Å². The van der Waals surface area contributed by atoms with Gasteiger partial charge in [0.15, 0.2) is 11.7 Å². The molecule has 4 rings (SSSR count). The molecule has 180 valence electrons. The van der Waals surface area contributed by atoms with E-state index >= 15 is 0 Å². The van der Waals surface area contributed by atoms with Crippen LogP contribution in [-0.4, -0.2) is 43.5 Å². The lowest BCUT2D eigenvalue weighted by atomic mass is 10.1. The van der Waals surface area contributed by atoms with Gasteiger partial charge in [0.25, 0.3) is 0 Å². The van der Waals surface area contributed by atoms with Crippen molar-refractivity contribution in [3.63, 3.8) is 0 Å². The molecule has 0 aliphatic rings. The largest absolute Gasteiger partial charge is 0.497 e. The van der Waals surface area contributed by atoms with E-state index in [1.165, 1.54) is 0 Å². The molecule has 0 aliphatic carbocycles. The second-order valence-corrected chi connectivity index (χ2v) is 8.58. The Morgan fingerprint density at radius 3 is 2.31 bits per heavy atom. The lowest BCUT2D eigenvalue weighted by molar-refractivity contribution is -0.121. The summed E-state index contributed by atoms with van der Waals surface area (Å²) >= 11 is 0. The number of carbonyl (C=O) groups excluding carboxylic acids is 1. The fourth-order valence-corrected chi connectivity index (χ4v) is 4.01. The van der Waals surface area contributed by atoms with E-state index in [0.717, 1.165) is 33.9 Å². The molecule has 1 amide bonds. The topological polar surface area (TPSA) is 67.6 Å². The van der Waals surface area contributed by atoms with Gasteiger partial charge in [-0.2, -0.15) is 0 Å². The zero-order valence-electron chi connectivity index (χ0n) is 20.4. The highest BCUT2D eigenvalue weighted by molar-refractivity contribution is 5.78. The molecule has 0 bridgehead atoms. The van der Waals surface area contributed by atoms with Crippen LogP contribution in [0.4, 0.5) is 0 Å². The molecule has 35 heavy (non-hydrogen) atoms. The fraction of sp³-hybridized carbons (Fsp3) is 0.241. The molecular weight excluding hydrogens is 438 g/mol. The molecule has 1 atom stereocenters. The number of amides is 1. The lowest BCUT2D eigenvalue weighted by Crippen LogP contribution is -2.34. The van der Waals surface area contributed by atoms with Crippen LogP contribution in [0, 0.1) is 0 Å². The van der Waals surface area contributed by atoms with Gasteiger partial charge in [-0.05, 0) is 31.8 Å². The molecule has 3 aromatic carbocycles. The molecule has 1 heterocycles. The summed E-state index contributed by atoms with van der Waals surface area (Å²) in [5.74, 6) is 2.03. The Morgan fingerprint density at radius 1 is 0.971 bits per heavy atom. The fourth-order valence-electron chi connectivity index (χ4n) is 4.01. The van der Waals surface area contributed by atoms with Gasteiger partial charge in [-0.15, -0.1) is 0 Å². The van der Waals surface area contributed by atoms with Crippen molar-refractivity contribution in [2.45, 2.75) is 18.9 Å².